The molecule has 1 heterocycles. The molecule has 1 fully saturated rings. The fourth-order valence-corrected chi connectivity index (χ4v) is 3.82. The van der Waals surface area contributed by atoms with Gasteiger partial charge in [-0.05, 0) is 80.2 Å². The van der Waals surface area contributed by atoms with Crippen LogP contribution < -0.4 is 0 Å². The van der Waals surface area contributed by atoms with Crippen LogP contribution in [0, 0.1) is 6.92 Å². The Hall–Kier alpha value is -1.76. The molecule has 0 aromatic heterocycles. The molecule has 1 aromatic carbocycles. The lowest BCUT2D eigenvalue weighted by molar-refractivity contribution is 0.294. The van der Waals surface area contributed by atoms with Crippen molar-refractivity contribution in [1.29, 1.82) is 0 Å². The molecule has 0 N–H and O–H groups in total. The topological polar surface area (TPSA) is 3.24 Å². The molecule has 1 aromatic rings. The Bertz CT molecular complexity index is 615. The number of aryl methyl sites for hydroxylation is 1. The zero-order chi connectivity index (χ0) is 16.1. The van der Waals surface area contributed by atoms with Crippen LogP contribution in [0.3, 0.4) is 0 Å². The van der Waals surface area contributed by atoms with Gasteiger partial charge in [-0.3, -0.25) is 0 Å². The van der Waals surface area contributed by atoms with E-state index in [9.17, 15) is 0 Å². The smallest absolute Gasteiger partial charge is 0.0293 e. The Morgan fingerprint density at radius 2 is 1.78 bits per heavy atom. The van der Waals surface area contributed by atoms with Gasteiger partial charge in [0.1, 0.15) is 0 Å². The molecule has 1 aliphatic carbocycles. The van der Waals surface area contributed by atoms with Crippen molar-refractivity contribution in [3.63, 3.8) is 0 Å². The molecule has 1 aliphatic heterocycles. The van der Waals surface area contributed by atoms with E-state index < -0.39 is 0 Å². The Morgan fingerprint density at radius 3 is 2.61 bits per heavy atom. The van der Waals surface area contributed by atoms with Crippen LogP contribution in [0.5, 0.6) is 0 Å². The van der Waals surface area contributed by atoms with Gasteiger partial charge in [-0.25, -0.2) is 0 Å². The molecule has 0 spiro atoms. The first-order valence-corrected chi connectivity index (χ1v) is 9.15. The summed E-state index contributed by atoms with van der Waals surface area (Å²) in [6.07, 6.45) is 17.9. The number of rotatable bonds is 4. The lowest BCUT2D eigenvalue weighted by Crippen LogP contribution is -2.27. The third-order valence-corrected chi connectivity index (χ3v) is 5.30. The molecule has 1 saturated heterocycles. The normalized spacial score (nSPS) is 18.6. The van der Waals surface area contributed by atoms with E-state index in [0.717, 1.165) is 18.8 Å². The fourth-order valence-electron chi connectivity index (χ4n) is 3.82. The van der Waals surface area contributed by atoms with Crippen molar-refractivity contribution in [2.45, 2.75) is 51.9 Å². The maximum Gasteiger partial charge on any atom is 0.0293 e. The van der Waals surface area contributed by atoms with Crippen LogP contribution >= 0.6 is 0 Å². The largest absolute Gasteiger partial charge is 0.372 e. The van der Waals surface area contributed by atoms with Gasteiger partial charge in [0.15, 0.2) is 0 Å². The lowest BCUT2D eigenvalue weighted by Gasteiger charge is -2.28. The van der Waals surface area contributed by atoms with Crippen LogP contribution in [-0.4, -0.2) is 18.0 Å². The first-order valence-electron chi connectivity index (χ1n) is 9.15. The van der Waals surface area contributed by atoms with E-state index in [-0.39, 0.29) is 0 Å². The van der Waals surface area contributed by atoms with Crippen molar-refractivity contribution in [2.75, 3.05) is 13.1 Å². The van der Waals surface area contributed by atoms with E-state index in [1.165, 1.54) is 56.1 Å². The fraction of sp³-hybridized carbons (Fsp3) is 0.455. The van der Waals surface area contributed by atoms with Crippen LogP contribution in [-0.2, 0) is 12.8 Å². The SMILES string of the molecule is C=C(/C=C/C=C/c1ccc2c(c1C)CCCC2)N1CCCCC1. The number of hydrogen-bond acceptors (Lipinski definition) is 1. The van der Waals surface area contributed by atoms with Crippen LogP contribution in [0.25, 0.3) is 6.08 Å². The number of piperidine rings is 1. The highest BCUT2D eigenvalue weighted by Crippen LogP contribution is 2.27. The van der Waals surface area contributed by atoms with E-state index in [1.807, 2.05) is 0 Å². The Balaban J connectivity index is 1.63. The molecular weight excluding hydrogens is 278 g/mol. The molecule has 0 bridgehead atoms. The zero-order valence-electron chi connectivity index (χ0n) is 14.5. The molecule has 1 nitrogen and oxygen atoms in total. The highest BCUT2D eigenvalue weighted by Gasteiger charge is 2.12. The molecule has 0 atom stereocenters. The van der Waals surface area contributed by atoms with Crippen LogP contribution in [0.15, 0.2) is 42.6 Å². The Kier molecular flexibility index (Phi) is 5.38. The zero-order valence-corrected chi connectivity index (χ0v) is 14.5. The number of likely N-dealkylation sites (tertiary alicyclic amines) is 1. The van der Waals surface area contributed by atoms with Gasteiger partial charge in [0.2, 0.25) is 0 Å². The Labute approximate surface area is 141 Å². The second-order valence-electron chi connectivity index (χ2n) is 6.88. The second kappa shape index (κ2) is 7.68. The highest BCUT2D eigenvalue weighted by molar-refractivity contribution is 5.59. The van der Waals surface area contributed by atoms with E-state index in [0.29, 0.717) is 0 Å². The van der Waals surface area contributed by atoms with Gasteiger partial charge in [-0.15, -0.1) is 0 Å². The molecule has 0 amide bonds. The summed E-state index contributed by atoms with van der Waals surface area (Å²) in [5, 5.41) is 0. The van der Waals surface area contributed by atoms with Crippen LogP contribution in [0.4, 0.5) is 0 Å². The van der Waals surface area contributed by atoms with E-state index in [1.54, 1.807) is 11.1 Å². The van der Waals surface area contributed by atoms with Gasteiger partial charge >= 0.3 is 0 Å². The molecule has 3 rings (SSSR count). The molecule has 0 unspecified atom stereocenters. The second-order valence-corrected chi connectivity index (χ2v) is 6.88. The van der Waals surface area contributed by atoms with Crippen molar-refractivity contribution >= 4 is 6.08 Å². The van der Waals surface area contributed by atoms with E-state index >= 15 is 0 Å². The van der Waals surface area contributed by atoms with Crippen molar-refractivity contribution in [2.24, 2.45) is 0 Å². The first kappa shape index (κ1) is 16.1. The minimum absolute atomic E-state index is 1.15. The highest BCUT2D eigenvalue weighted by atomic mass is 15.1. The van der Waals surface area contributed by atoms with Gasteiger partial charge in [0.05, 0.1) is 0 Å². The maximum atomic E-state index is 4.20. The number of fused-ring (bicyclic) bond motifs is 1. The third kappa shape index (κ3) is 3.96. The van der Waals surface area contributed by atoms with E-state index in [4.69, 9.17) is 0 Å². The summed E-state index contributed by atoms with van der Waals surface area (Å²) < 4.78 is 0. The van der Waals surface area contributed by atoms with Crippen molar-refractivity contribution < 1.29 is 0 Å². The summed E-state index contributed by atoms with van der Waals surface area (Å²) in [5.74, 6) is 0. The minimum Gasteiger partial charge on any atom is -0.372 e. The predicted octanol–water partition coefficient (Wildman–Crippen LogP) is 5.44. The number of benzene rings is 1. The molecule has 1 heteroatoms. The van der Waals surface area contributed by atoms with Crippen molar-refractivity contribution in [1.82, 2.24) is 4.90 Å². The predicted molar refractivity (Wildman–Crippen MR) is 101 cm³/mol. The van der Waals surface area contributed by atoms with Crippen molar-refractivity contribution in [3.8, 4) is 0 Å². The van der Waals surface area contributed by atoms with E-state index in [2.05, 4.69) is 54.8 Å². The molecular formula is C22H29N. The van der Waals surface area contributed by atoms with Gasteiger partial charge in [-0.1, -0.05) is 36.9 Å². The lowest BCUT2D eigenvalue weighted by atomic mass is 9.86. The van der Waals surface area contributed by atoms with Crippen LogP contribution in [0.1, 0.15) is 54.4 Å². The first-order chi connectivity index (χ1) is 11.3. The number of nitrogens with zero attached hydrogens (tertiary/aromatic N) is 1. The summed E-state index contributed by atoms with van der Waals surface area (Å²) in [4.78, 5) is 2.40. The standard InChI is InChI=1S/C22H29N/c1-18(23-16-8-3-9-17-23)10-4-5-11-20-14-15-21-12-6-7-13-22(21)19(20)2/h4-5,10-11,14-15H,1,3,6-9,12-13,16-17H2,2H3/b10-4+,11-5+. The third-order valence-electron chi connectivity index (χ3n) is 5.30. The minimum atomic E-state index is 1.15. The summed E-state index contributed by atoms with van der Waals surface area (Å²) >= 11 is 0. The summed E-state index contributed by atoms with van der Waals surface area (Å²) in [7, 11) is 0. The maximum absolute atomic E-state index is 4.20. The average Bonchev–Trinajstić information content (AvgIpc) is 2.61. The summed E-state index contributed by atoms with van der Waals surface area (Å²) in [6, 6.07) is 4.61. The number of allylic oxidation sites excluding steroid dienone is 3. The van der Waals surface area contributed by atoms with Gasteiger partial charge in [0, 0.05) is 18.8 Å². The molecule has 23 heavy (non-hydrogen) atoms. The Morgan fingerprint density at radius 1 is 1.00 bits per heavy atom. The number of hydrogen-bond donors (Lipinski definition) is 0. The monoisotopic (exact) mass is 307 g/mol. The molecule has 0 saturated carbocycles. The molecule has 0 radical (unpaired) electrons. The average molecular weight is 307 g/mol. The van der Waals surface area contributed by atoms with Gasteiger partial charge in [-0.2, -0.15) is 0 Å². The molecule has 2 aliphatic rings. The molecule has 122 valence electrons. The van der Waals surface area contributed by atoms with Gasteiger partial charge < -0.3 is 4.90 Å². The quantitative estimate of drug-likeness (QED) is 0.669. The van der Waals surface area contributed by atoms with Crippen molar-refractivity contribution in [3.05, 3.63) is 64.9 Å². The van der Waals surface area contributed by atoms with Crippen LogP contribution in [0.2, 0.25) is 0 Å². The van der Waals surface area contributed by atoms with Gasteiger partial charge in [0.25, 0.3) is 0 Å². The summed E-state index contributed by atoms with van der Waals surface area (Å²) in [5.41, 5.74) is 7.15. The summed E-state index contributed by atoms with van der Waals surface area (Å²) in [6.45, 7) is 8.81.